The lowest BCUT2D eigenvalue weighted by atomic mass is 10.0. The van der Waals surface area contributed by atoms with E-state index in [1.165, 1.54) is 6.07 Å². The lowest BCUT2D eigenvalue weighted by Gasteiger charge is -2.35. The van der Waals surface area contributed by atoms with E-state index in [0.29, 0.717) is 55.6 Å². The Morgan fingerprint density at radius 3 is 2.45 bits per heavy atom. The largest absolute Gasteiger partial charge is 0.384 e. The van der Waals surface area contributed by atoms with Crippen molar-refractivity contribution in [3.05, 3.63) is 125 Å². The number of fused-ring (bicyclic) bond motifs is 1. The molecule has 0 radical (unpaired) electrons. The van der Waals surface area contributed by atoms with Gasteiger partial charge in [-0.15, -0.1) is 0 Å². The Balaban J connectivity index is 0.791. The number of pyridine rings is 1. The first-order valence-electron chi connectivity index (χ1n) is 19.7. The molecule has 16 heteroatoms. The zero-order chi connectivity index (χ0) is 41.8. The fourth-order valence-corrected chi connectivity index (χ4v) is 7.55. The monoisotopic (exact) mass is 806 g/mol. The average molecular weight is 807 g/mol. The number of amides is 6. The van der Waals surface area contributed by atoms with Gasteiger partial charge >= 0.3 is 0 Å². The lowest BCUT2D eigenvalue weighted by Crippen LogP contribution is -2.54. The van der Waals surface area contributed by atoms with Crippen LogP contribution in [0.25, 0.3) is 11.3 Å². The number of nitrogens with zero attached hydrogens (tertiary/aromatic N) is 6. The molecule has 1 unspecified atom stereocenters. The van der Waals surface area contributed by atoms with Crippen LogP contribution in [0, 0.1) is 6.92 Å². The van der Waals surface area contributed by atoms with E-state index in [2.05, 4.69) is 41.1 Å². The van der Waals surface area contributed by atoms with Crippen molar-refractivity contribution in [2.75, 3.05) is 48.7 Å². The summed E-state index contributed by atoms with van der Waals surface area (Å²) in [4.78, 5) is 95.1. The molecule has 60 heavy (non-hydrogen) atoms. The van der Waals surface area contributed by atoms with Crippen molar-refractivity contribution in [3.8, 4) is 11.3 Å². The van der Waals surface area contributed by atoms with E-state index in [-0.39, 0.29) is 48.7 Å². The number of hydrogen-bond acceptors (Lipinski definition) is 12. The van der Waals surface area contributed by atoms with Crippen LogP contribution in [0.5, 0.6) is 0 Å². The number of hydrogen-bond donors (Lipinski definition) is 4. The summed E-state index contributed by atoms with van der Waals surface area (Å²) in [5, 5.41) is 11.6. The number of imide groups is 2. The molecule has 6 amide bonds. The Kier molecular flexibility index (Phi) is 11.4. The van der Waals surface area contributed by atoms with Gasteiger partial charge in [-0.1, -0.05) is 24.3 Å². The Bertz CT molecular complexity index is 2490. The zero-order valence-corrected chi connectivity index (χ0v) is 32.8. The number of benzene rings is 3. The highest BCUT2D eigenvalue weighted by atomic mass is 16.2. The van der Waals surface area contributed by atoms with Gasteiger partial charge in [0.15, 0.2) is 0 Å². The van der Waals surface area contributed by atoms with Crippen LogP contribution in [0.4, 0.5) is 23.0 Å². The molecule has 2 saturated heterocycles. The molecule has 4 N–H and O–H groups in total. The second-order valence-corrected chi connectivity index (χ2v) is 14.8. The van der Waals surface area contributed by atoms with Gasteiger partial charge in [0.1, 0.15) is 6.04 Å². The number of anilines is 4. The van der Waals surface area contributed by atoms with Crippen LogP contribution in [0.3, 0.4) is 0 Å². The topological polar surface area (TPSA) is 199 Å². The van der Waals surface area contributed by atoms with Crippen LogP contribution in [0.1, 0.15) is 61.5 Å². The number of carbonyl (C=O) groups excluding carboxylic acids is 6. The molecule has 304 valence electrons. The smallest absolute Gasteiger partial charge is 0.264 e. The maximum atomic E-state index is 13.4. The fraction of sp³-hybridized carbons (Fsp3) is 0.250. The third kappa shape index (κ3) is 8.59. The number of rotatable bonds is 12. The summed E-state index contributed by atoms with van der Waals surface area (Å²) in [6, 6.07) is 22.5. The summed E-state index contributed by atoms with van der Waals surface area (Å²) >= 11 is 0. The van der Waals surface area contributed by atoms with Crippen molar-refractivity contribution < 1.29 is 28.8 Å². The van der Waals surface area contributed by atoms with Gasteiger partial charge in [-0.2, -0.15) is 0 Å². The van der Waals surface area contributed by atoms with Crippen molar-refractivity contribution in [2.24, 2.45) is 0 Å². The summed E-state index contributed by atoms with van der Waals surface area (Å²) in [6.07, 6.45) is 5.43. The molecule has 5 heterocycles. The highest BCUT2D eigenvalue weighted by Gasteiger charge is 2.45. The van der Waals surface area contributed by atoms with E-state index in [0.717, 1.165) is 33.0 Å². The molecule has 0 aliphatic carbocycles. The maximum Gasteiger partial charge on any atom is 0.264 e. The Morgan fingerprint density at radius 2 is 1.68 bits per heavy atom. The minimum absolute atomic E-state index is 0.0301. The van der Waals surface area contributed by atoms with Gasteiger partial charge in [0.25, 0.3) is 17.7 Å². The Labute approximate surface area is 345 Å². The van der Waals surface area contributed by atoms with E-state index < -0.39 is 29.7 Å². The normalized spacial score (nSPS) is 16.6. The summed E-state index contributed by atoms with van der Waals surface area (Å²) in [5.41, 5.74) is 6.28. The first-order valence-corrected chi connectivity index (χ1v) is 19.7. The van der Waals surface area contributed by atoms with Crippen LogP contribution < -0.4 is 21.3 Å². The van der Waals surface area contributed by atoms with Gasteiger partial charge in [0.2, 0.25) is 23.7 Å². The van der Waals surface area contributed by atoms with Gasteiger partial charge < -0.3 is 20.9 Å². The zero-order valence-electron chi connectivity index (χ0n) is 32.8. The lowest BCUT2D eigenvalue weighted by molar-refractivity contribution is -0.136. The molecule has 0 saturated carbocycles. The molecule has 8 rings (SSSR count). The molecular weight excluding hydrogens is 765 g/mol. The number of aromatic nitrogens is 3. The predicted molar refractivity (Wildman–Crippen MR) is 222 cm³/mol. The van der Waals surface area contributed by atoms with Gasteiger partial charge in [0.05, 0.1) is 16.8 Å². The number of carbonyl (C=O) groups is 6. The molecule has 0 spiro atoms. The third-order valence-corrected chi connectivity index (χ3v) is 10.8. The van der Waals surface area contributed by atoms with E-state index in [4.69, 9.17) is 0 Å². The molecular formula is C44H42N10O6. The van der Waals surface area contributed by atoms with Crippen molar-refractivity contribution in [3.63, 3.8) is 0 Å². The van der Waals surface area contributed by atoms with Crippen LogP contribution in [-0.4, -0.2) is 104 Å². The first kappa shape index (κ1) is 39.5. The van der Waals surface area contributed by atoms with Crippen LogP contribution in [0.2, 0.25) is 0 Å². The van der Waals surface area contributed by atoms with E-state index >= 15 is 0 Å². The average Bonchev–Trinajstić information content (AvgIpc) is 3.51. The van der Waals surface area contributed by atoms with Gasteiger partial charge in [-0.25, -0.2) is 9.97 Å². The molecule has 1 atom stereocenters. The summed E-state index contributed by atoms with van der Waals surface area (Å²) in [7, 11) is 0. The Hall–Kier alpha value is -7.33. The van der Waals surface area contributed by atoms with E-state index in [1.807, 2.05) is 60.4 Å². The molecule has 3 aromatic carbocycles. The van der Waals surface area contributed by atoms with E-state index in [1.54, 1.807) is 42.9 Å². The second-order valence-electron chi connectivity index (χ2n) is 14.8. The highest BCUT2D eigenvalue weighted by molar-refractivity contribution is 6.25. The first-order chi connectivity index (χ1) is 29.1. The number of piperazine rings is 1. The maximum absolute atomic E-state index is 13.4. The number of piperidine rings is 1. The van der Waals surface area contributed by atoms with Crippen molar-refractivity contribution >= 4 is 58.5 Å². The minimum atomic E-state index is -1.05. The molecule has 3 aliphatic heterocycles. The van der Waals surface area contributed by atoms with Gasteiger partial charge in [0, 0.05) is 98.9 Å². The van der Waals surface area contributed by atoms with Crippen molar-refractivity contribution in [1.82, 2.24) is 35.0 Å². The molecule has 16 nitrogen and oxygen atoms in total. The minimum Gasteiger partial charge on any atom is -0.384 e. The van der Waals surface area contributed by atoms with Crippen LogP contribution in [0.15, 0.2) is 97.5 Å². The second kappa shape index (κ2) is 17.3. The van der Waals surface area contributed by atoms with Crippen LogP contribution >= 0.6 is 0 Å². The van der Waals surface area contributed by atoms with Crippen molar-refractivity contribution in [2.45, 2.75) is 38.8 Å². The van der Waals surface area contributed by atoms with Crippen molar-refractivity contribution in [1.29, 1.82) is 0 Å². The standard InChI is InChI=1S/C44H42N10O6/c1-27-7-12-31(24-35(27)50-44-47-18-15-33(49-44)30-4-3-17-45-25-30)48-40(57)29-10-8-28(9-11-29)26-52-20-22-53(23-21-52)38(56)16-19-46-34-6-2-5-32-39(34)43(60)54(42(32)59)36-13-14-37(55)51-41(36)58/h2-12,15,17-18,24-25,36,46H,13-14,16,19-23,26H2,1H3,(H,48,57)(H,47,49,50)(H,51,55,58). The fourth-order valence-electron chi connectivity index (χ4n) is 7.55. The quantitative estimate of drug-likeness (QED) is 0.130. The third-order valence-electron chi connectivity index (χ3n) is 10.8. The number of nitrogens with one attached hydrogen (secondary N) is 4. The summed E-state index contributed by atoms with van der Waals surface area (Å²) < 4.78 is 0. The highest BCUT2D eigenvalue weighted by Crippen LogP contribution is 2.32. The number of aryl methyl sites for hydroxylation is 1. The summed E-state index contributed by atoms with van der Waals surface area (Å²) in [5.74, 6) is -2.13. The molecule has 3 aliphatic rings. The molecule has 2 fully saturated rings. The SMILES string of the molecule is Cc1ccc(NC(=O)c2ccc(CN3CCN(C(=O)CCNc4cccc5c4C(=O)N(C4CCC(=O)NC4=O)C5=O)CC3)cc2)cc1Nc1nccc(-c2cccnc2)n1. The predicted octanol–water partition coefficient (Wildman–Crippen LogP) is 4.39. The van der Waals surface area contributed by atoms with Gasteiger partial charge in [-0.3, -0.25) is 48.9 Å². The Morgan fingerprint density at radius 1 is 0.867 bits per heavy atom. The van der Waals surface area contributed by atoms with E-state index in [9.17, 15) is 28.8 Å². The molecule has 5 aromatic rings. The summed E-state index contributed by atoms with van der Waals surface area (Å²) in [6.45, 7) is 5.36. The van der Waals surface area contributed by atoms with Crippen LogP contribution in [-0.2, 0) is 20.9 Å². The molecule has 0 bridgehead atoms. The van der Waals surface area contributed by atoms with Gasteiger partial charge in [-0.05, 0) is 79.1 Å². The molecule has 2 aromatic heterocycles.